The Hall–Kier alpha value is -0.320. The molecule has 0 fully saturated rings. The number of hydrogen-bond donors (Lipinski definition) is 0. The normalized spacial score (nSPS) is 11.7. The van der Waals surface area contributed by atoms with Crippen molar-refractivity contribution in [1.29, 1.82) is 0 Å². The van der Waals surface area contributed by atoms with Crippen molar-refractivity contribution >= 4 is 0 Å². The number of unbranched alkanes of at least 4 members (excludes halogenated alkanes) is 10. The molecule has 8 nitrogen and oxygen atoms in total. The standard InChI is InChI=1S/C30H62O8/c1-4-5-6-7-8-9-10-11-12-13-14-15-31-16-17-32-18-19-33-20-21-34-22-23-35-24-25-36-26-27-37-28-29-38-30(2)3/h30H,4-29H2,1-3H3. The number of rotatable bonds is 34. The van der Waals surface area contributed by atoms with Crippen LogP contribution in [0, 0.1) is 0 Å². The molecule has 0 N–H and O–H groups in total. The molecule has 0 saturated heterocycles. The van der Waals surface area contributed by atoms with E-state index < -0.39 is 0 Å². The van der Waals surface area contributed by atoms with Crippen LogP contribution in [0.2, 0.25) is 0 Å². The van der Waals surface area contributed by atoms with Gasteiger partial charge < -0.3 is 37.9 Å². The van der Waals surface area contributed by atoms with Crippen LogP contribution < -0.4 is 0 Å². The topological polar surface area (TPSA) is 73.8 Å². The van der Waals surface area contributed by atoms with Gasteiger partial charge in [-0.1, -0.05) is 71.1 Å². The zero-order valence-corrected chi connectivity index (χ0v) is 25.2. The Morgan fingerprint density at radius 1 is 0.316 bits per heavy atom. The average Bonchev–Trinajstić information content (AvgIpc) is 2.91. The molecule has 0 aliphatic rings. The van der Waals surface area contributed by atoms with Gasteiger partial charge in [-0.25, -0.2) is 0 Å². The van der Waals surface area contributed by atoms with Crippen molar-refractivity contribution in [3.05, 3.63) is 0 Å². The van der Waals surface area contributed by atoms with Crippen molar-refractivity contribution in [3.63, 3.8) is 0 Å². The summed E-state index contributed by atoms with van der Waals surface area (Å²) in [5.74, 6) is 0. The molecule has 0 aliphatic carbocycles. The van der Waals surface area contributed by atoms with E-state index in [2.05, 4.69) is 6.92 Å². The molecular formula is C30H62O8. The van der Waals surface area contributed by atoms with E-state index in [9.17, 15) is 0 Å². The molecule has 0 rings (SSSR count). The molecule has 0 amide bonds. The van der Waals surface area contributed by atoms with Gasteiger partial charge in [-0.05, 0) is 20.3 Å². The Balaban J connectivity index is 3.02. The molecule has 38 heavy (non-hydrogen) atoms. The third kappa shape index (κ3) is 35.7. The first-order chi connectivity index (χ1) is 18.8. The fourth-order valence-electron chi connectivity index (χ4n) is 3.63. The maximum Gasteiger partial charge on any atom is 0.0703 e. The van der Waals surface area contributed by atoms with Crippen molar-refractivity contribution in [1.82, 2.24) is 0 Å². The van der Waals surface area contributed by atoms with Crippen molar-refractivity contribution in [3.8, 4) is 0 Å². The molecule has 0 radical (unpaired) electrons. The van der Waals surface area contributed by atoms with E-state index in [0.29, 0.717) is 92.5 Å². The van der Waals surface area contributed by atoms with E-state index in [1.54, 1.807) is 0 Å². The van der Waals surface area contributed by atoms with Crippen molar-refractivity contribution in [2.45, 2.75) is 97.5 Å². The summed E-state index contributed by atoms with van der Waals surface area (Å²) in [5, 5.41) is 0. The molecule has 0 aromatic rings. The third-order valence-corrected chi connectivity index (χ3v) is 5.80. The van der Waals surface area contributed by atoms with Crippen LogP contribution >= 0.6 is 0 Å². The second-order valence-corrected chi connectivity index (χ2v) is 9.74. The maximum absolute atomic E-state index is 5.64. The molecule has 0 aliphatic heterocycles. The lowest BCUT2D eigenvalue weighted by molar-refractivity contribution is -0.0256. The Labute approximate surface area is 234 Å². The quantitative estimate of drug-likeness (QED) is 0.0926. The van der Waals surface area contributed by atoms with Crippen molar-refractivity contribution in [2.75, 3.05) is 99.1 Å². The fraction of sp³-hybridized carbons (Fsp3) is 1.00. The Bertz CT molecular complexity index is 412. The van der Waals surface area contributed by atoms with Crippen molar-refractivity contribution < 1.29 is 37.9 Å². The van der Waals surface area contributed by atoms with Gasteiger partial charge in [0.25, 0.3) is 0 Å². The smallest absolute Gasteiger partial charge is 0.0703 e. The number of hydrogen-bond acceptors (Lipinski definition) is 8. The van der Waals surface area contributed by atoms with Gasteiger partial charge in [-0.15, -0.1) is 0 Å². The summed E-state index contributed by atoms with van der Waals surface area (Å²) in [4.78, 5) is 0. The predicted octanol–water partition coefficient (Wildman–Crippen LogP) is 5.84. The van der Waals surface area contributed by atoms with Gasteiger partial charge >= 0.3 is 0 Å². The summed E-state index contributed by atoms with van der Waals surface area (Å²) < 4.78 is 43.9. The van der Waals surface area contributed by atoms with E-state index in [4.69, 9.17) is 37.9 Å². The zero-order chi connectivity index (χ0) is 27.6. The highest BCUT2D eigenvalue weighted by atomic mass is 16.6. The molecule has 8 heteroatoms. The molecule has 0 heterocycles. The van der Waals surface area contributed by atoms with E-state index in [1.807, 2.05) is 13.8 Å². The minimum absolute atomic E-state index is 0.243. The average molecular weight is 551 g/mol. The SMILES string of the molecule is CCCCCCCCCCCCCOCCOCCOCCOCCOCCOCCOCCOC(C)C. The van der Waals surface area contributed by atoms with Gasteiger partial charge in [0.05, 0.1) is 98.6 Å². The van der Waals surface area contributed by atoms with Crippen LogP contribution in [0.5, 0.6) is 0 Å². The van der Waals surface area contributed by atoms with Crippen LogP contribution in [0.3, 0.4) is 0 Å². The highest BCUT2D eigenvalue weighted by Crippen LogP contribution is 2.11. The van der Waals surface area contributed by atoms with Gasteiger partial charge in [0.15, 0.2) is 0 Å². The Kier molecular flexibility index (Phi) is 34.4. The van der Waals surface area contributed by atoms with E-state index >= 15 is 0 Å². The summed E-state index contributed by atoms with van der Waals surface area (Å²) in [6, 6.07) is 0. The lowest BCUT2D eigenvalue weighted by atomic mass is 10.1. The van der Waals surface area contributed by atoms with Gasteiger partial charge in [0, 0.05) is 6.61 Å². The molecule has 0 unspecified atom stereocenters. The van der Waals surface area contributed by atoms with Gasteiger partial charge in [0.1, 0.15) is 0 Å². The lowest BCUT2D eigenvalue weighted by Crippen LogP contribution is -2.15. The van der Waals surface area contributed by atoms with Crippen LogP contribution in [0.15, 0.2) is 0 Å². The summed E-state index contributed by atoms with van der Waals surface area (Å²) in [6.45, 7) is 15.3. The van der Waals surface area contributed by atoms with Crippen molar-refractivity contribution in [2.24, 2.45) is 0 Å². The van der Waals surface area contributed by atoms with Gasteiger partial charge in [-0.3, -0.25) is 0 Å². The zero-order valence-electron chi connectivity index (χ0n) is 25.2. The van der Waals surface area contributed by atoms with Crippen LogP contribution in [-0.4, -0.2) is 105 Å². The second kappa shape index (κ2) is 34.7. The Morgan fingerprint density at radius 3 is 0.895 bits per heavy atom. The molecule has 0 atom stereocenters. The van der Waals surface area contributed by atoms with Crippen LogP contribution in [-0.2, 0) is 37.9 Å². The lowest BCUT2D eigenvalue weighted by Gasteiger charge is -2.09. The molecule has 0 aromatic heterocycles. The fourth-order valence-corrected chi connectivity index (χ4v) is 3.63. The number of ether oxygens (including phenoxy) is 8. The maximum atomic E-state index is 5.64. The van der Waals surface area contributed by atoms with Crippen LogP contribution in [0.4, 0.5) is 0 Å². The highest BCUT2D eigenvalue weighted by molar-refractivity contribution is 4.48. The van der Waals surface area contributed by atoms with E-state index in [1.165, 1.54) is 64.2 Å². The second-order valence-electron chi connectivity index (χ2n) is 9.74. The molecular weight excluding hydrogens is 488 g/mol. The van der Waals surface area contributed by atoms with Crippen LogP contribution in [0.25, 0.3) is 0 Å². The van der Waals surface area contributed by atoms with Crippen LogP contribution in [0.1, 0.15) is 91.4 Å². The highest BCUT2D eigenvalue weighted by Gasteiger charge is 1.97. The first-order valence-electron chi connectivity index (χ1n) is 15.4. The predicted molar refractivity (Wildman–Crippen MR) is 153 cm³/mol. The largest absolute Gasteiger partial charge is 0.379 e. The minimum atomic E-state index is 0.243. The van der Waals surface area contributed by atoms with Gasteiger partial charge in [-0.2, -0.15) is 0 Å². The minimum Gasteiger partial charge on any atom is -0.379 e. The monoisotopic (exact) mass is 550 g/mol. The molecule has 0 saturated carbocycles. The third-order valence-electron chi connectivity index (χ3n) is 5.80. The summed E-state index contributed by atoms with van der Waals surface area (Å²) in [7, 11) is 0. The summed E-state index contributed by atoms with van der Waals surface area (Å²) in [6.07, 6.45) is 15.2. The van der Waals surface area contributed by atoms with E-state index in [0.717, 1.165) is 13.0 Å². The van der Waals surface area contributed by atoms with E-state index in [-0.39, 0.29) is 6.10 Å². The molecule has 230 valence electrons. The Morgan fingerprint density at radius 2 is 0.579 bits per heavy atom. The first-order valence-corrected chi connectivity index (χ1v) is 15.4. The molecule has 0 aromatic carbocycles. The first kappa shape index (κ1) is 37.7. The molecule has 0 bridgehead atoms. The summed E-state index contributed by atoms with van der Waals surface area (Å²) >= 11 is 0. The summed E-state index contributed by atoms with van der Waals surface area (Å²) in [5.41, 5.74) is 0. The van der Waals surface area contributed by atoms with Gasteiger partial charge in [0.2, 0.25) is 0 Å². The molecule has 0 spiro atoms.